The molecule has 0 fully saturated rings. The third-order valence-corrected chi connectivity index (χ3v) is 8.16. The van der Waals surface area contributed by atoms with E-state index in [9.17, 15) is 0 Å². The van der Waals surface area contributed by atoms with Crippen molar-refractivity contribution >= 4 is 27.1 Å². The van der Waals surface area contributed by atoms with E-state index in [4.69, 9.17) is 15.0 Å². The zero-order valence-corrected chi connectivity index (χ0v) is 28.8. The van der Waals surface area contributed by atoms with Crippen LogP contribution in [0.25, 0.3) is 72.1 Å². The minimum atomic E-state index is 0.610. The van der Waals surface area contributed by atoms with Gasteiger partial charge in [0.1, 0.15) is 0 Å². The van der Waals surface area contributed by atoms with Crippen molar-refractivity contribution in [3.05, 3.63) is 158 Å². The number of hydrogen-bond donors (Lipinski definition) is 0. The van der Waals surface area contributed by atoms with Crippen molar-refractivity contribution in [2.45, 2.75) is 41.5 Å². The molecule has 7 aromatic rings. The molecule has 48 heavy (non-hydrogen) atoms. The summed E-state index contributed by atoms with van der Waals surface area (Å²) in [5, 5.41) is 4.94. The van der Waals surface area contributed by atoms with Gasteiger partial charge in [-0.3, -0.25) is 0 Å². The standard InChI is InChI=1S/C41H31N3.2C2H6/c1-4-28(5-2)39-42-40(31-13-7-6-8-14-31)44-41(43-39)32-25-23-30(24-26-32)38-35-17-11-9-15-33(35)37(29-21-19-27(3)20-22-29)34-16-10-12-18-36(34)38;2*1-2/h4-26H,1H2,2-3H3;2*1-2H3/b28-5+;;. The fourth-order valence-corrected chi connectivity index (χ4v) is 5.95. The van der Waals surface area contributed by atoms with Gasteiger partial charge in [0, 0.05) is 16.7 Å². The first-order valence-corrected chi connectivity index (χ1v) is 16.9. The number of allylic oxidation sites excluding steroid dienone is 3. The lowest BCUT2D eigenvalue weighted by molar-refractivity contribution is 1.04. The molecule has 0 unspecified atom stereocenters. The molecule has 7 rings (SSSR count). The van der Waals surface area contributed by atoms with Crippen molar-refractivity contribution in [3.63, 3.8) is 0 Å². The summed E-state index contributed by atoms with van der Waals surface area (Å²) in [6.07, 6.45) is 3.76. The molecule has 1 heterocycles. The molecule has 238 valence electrons. The van der Waals surface area contributed by atoms with Crippen molar-refractivity contribution in [2.24, 2.45) is 0 Å². The quantitative estimate of drug-likeness (QED) is 0.136. The minimum Gasteiger partial charge on any atom is -0.208 e. The normalized spacial score (nSPS) is 10.9. The number of aryl methyl sites for hydroxylation is 1. The van der Waals surface area contributed by atoms with Crippen molar-refractivity contribution in [2.75, 3.05) is 0 Å². The van der Waals surface area contributed by atoms with Crippen molar-refractivity contribution in [1.29, 1.82) is 0 Å². The van der Waals surface area contributed by atoms with Crippen LogP contribution in [0.2, 0.25) is 0 Å². The number of fused-ring (bicyclic) bond motifs is 2. The largest absolute Gasteiger partial charge is 0.208 e. The lowest BCUT2D eigenvalue weighted by atomic mass is 9.86. The highest BCUT2D eigenvalue weighted by Crippen LogP contribution is 2.43. The lowest BCUT2D eigenvalue weighted by Gasteiger charge is -2.18. The van der Waals surface area contributed by atoms with Crippen LogP contribution in [0.3, 0.4) is 0 Å². The minimum absolute atomic E-state index is 0.610. The SMILES string of the molecule is C=C/C(=C\C)c1nc(-c2ccccc2)nc(-c2ccc(-c3c4ccccc4c(-c4ccc(C)cc4)c4ccccc34)cc2)n1.CC.CC. The Morgan fingerprint density at radius 3 is 1.27 bits per heavy atom. The Hall–Kier alpha value is -5.67. The Bertz CT molecular complexity index is 2120. The summed E-state index contributed by atoms with van der Waals surface area (Å²) in [5.74, 6) is 1.88. The van der Waals surface area contributed by atoms with Crippen LogP contribution in [0.15, 0.2) is 146 Å². The smallest absolute Gasteiger partial charge is 0.164 e. The zero-order valence-electron chi connectivity index (χ0n) is 28.8. The highest BCUT2D eigenvalue weighted by atomic mass is 15.0. The van der Waals surface area contributed by atoms with E-state index in [0.717, 1.165) is 22.3 Å². The highest BCUT2D eigenvalue weighted by Gasteiger charge is 2.17. The number of hydrogen-bond acceptors (Lipinski definition) is 3. The Labute approximate surface area is 285 Å². The summed E-state index contributed by atoms with van der Waals surface area (Å²) in [5.41, 5.74) is 8.87. The topological polar surface area (TPSA) is 38.7 Å². The summed E-state index contributed by atoms with van der Waals surface area (Å²) in [4.78, 5) is 14.5. The van der Waals surface area contributed by atoms with Gasteiger partial charge in [0.05, 0.1) is 0 Å². The van der Waals surface area contributed by atoms with Crippen LogP contribution in [0, 0.1) is 6.92 Å². The number of aromatic nitrogens is 3. The maximum Gasteiger partial charge on any atom is 0.164 e. The van der Waals surface area contributed by atoms with Crippen molar-refractivity contribution < 1.29 is 0 Å². The van der Waals surface area contributed by atoms with E-state index in [-0.39, 0.29) is 0 Å². The van der Waals surface area contributed by atoms with Crippen LogP contribution < -0.4 is 0 Å². The van der Waals surface area contributed by atoms with Crippen molar-refractivity contribution in [1.82, 2.24) is 15.0 Å². The van der Waals surface area contributed by atoms with Gasteiger partial charge in [-0.1, -0.05) is 179 Å². The van der Waals surface area contributed by atoms with E-state index < -0.39 is 0 Å². The van der Waals surface area contributed by atoms with Gasteiger partial charge in [0.15, 0.2) is 17.5 Å². The van der Waals surface area contributed by atoms with Crippen LogP contribution in [0.4, 0.5) is 0 Å². The monoisotopic (exact) mass is 625 g/mol. The molecule has 0 bridgehead atoms. The summed E-state index contributed by atoms with van der Waals surface area (Å²) < 4.78 is 0. The van der Waals surface area contributed by atoms with Gasteiger partial charge in [0.2, 0.25) is 0 Å². The first-order valence-electron chi connectivity index (χ1n) is 16.9. The van der Waals surface area contributed by atoms with Gasteiger partial charge in [-0.05, 0) is 57.6 Å². The van der Waals surface area contributed by atoms with E-state index in [1.165, 1.54) is 43.8 Å². The summed E-state index contributed by atoms with van der Waals surface area (Å²) in [6.45, 7) is 16.1. The number of rotatable bonds is 6. The van der Waals surface area contributed by atoms with Crippen LogP contribution in [0.1, 0.15) is 46.0 Å². The fraction of sp³-hybridized carbons (Fsp3) is 0.133. The lowest BCUT2D eigenvalue weighted by Crippen LogP contribution is -2.02. The Kier molecular flexibility index (Phi) is 11.1. The molecule has 0 N–H and O–H groups in total. The second kappa shape index (κ2) is 15.8. The van der Waals surface area contributed by atoms with Gasteiger partial charge < -0.3 is 0 Å². The third-order valence-electron chi connectivity index (χ3n) is 8.16. The molecule has 0 aliphatic carbocycles. The molecule has 3 heteroatoms. The number of nitrogens with zero attached hydrogens (tertiary/aromatic N) is 3. The van der Waals surface area contributed by atoms with Crippen LogP contribution >= 0.6 is 0 Å². The Morgan fingerprint density at radius 2 is 0.854 bits per heavy atom. The van der Waals surface area contributed by atoms with Crippen LogP contribution in [-0.2, 0) is 0 Å². The predicted octanol–water partition coefficient (Wildman–Crippen LogP) is 12.8. The molecule has 0 aliphatic rings. The Balaban J connectivity index is 0.00000109. The van der Waals surface area contributed by atoms with Crippen molar-refractivity contribution in [3.8, 4) is 45.0 Å². The molecule has 0 spiro atoms. The first-order chi connectivity index (χ1) is 23.6. The molecular formula is C45H43N3. The first kappa shape index (κ1) is 33.7. The third kappa shape index (κ3) is 6.72. The number of benzene rings is 6. The van der Waals surface area contributed by atoms with Crippen LogP contribution in [0.5, 0.6) is 0 Å². The molecule has 0 aliphatic heterocycles. The van der Waals surface area contributed by atoms with Gasteiger partial charge >= 0.3 is 0 Å². The highest BCUT2D eigenvalue weighted by molar-refractivity contribution is 6.21. The Morgan fingerprint density at radius 1 is 0.479 bits per heavy atom. The second-order valence-electron chi connectivity index (χ2n) is 10.9. The summed E-state index contributed by atoms with van der Waals surface area (Å²) in [6, 6.07) is 44.9. The van der Waals surface area contributed by atoms with Crippen LogP contribution in [-0.4, -0.2) is 15.0 Å². The second-order valence-corrected chi connectivity index (χ2v) is 10.9. The van der Waals surface area contributed by atoms with E-state index in [1.807, 2.05) is 71.0 Å². The molecule has 1 aromatic heterocycles. The molecule has 0 radical (unpaired) electrons. The molecule has 0 amide bonds. The van der Waals surface area contributed by atoms with E-state index in [1.54, 1.807) is 6.08 Å². The van der Waals surface area contributed by atoms with Gasteiger partial charge in [-0.15, -0.1) is 0 Å². The van der Waals surface area contributed by atoms with Gasteiger partial charge in [-0.2, -0.15) is 0 Å². The average molecular weight is 626 g/mol. The predicted molar refractivity (Wildman–Crippen MR) is 208 cm³/mol. The van der Waals surface area contributed by atoms with E-state index in [0.29, 0.717) is 17.5 Å². The molecule has 6 aromatic carbocycles. The molecule has 0 saturated carbocycles. The maximum absolute atomic E-state index is 4.89. The fourth-order valence-electron chi connectivity index (χ4n) is 5.95. The molecular weight excluding hydrogens is 583 g/mol. The maximum atomic E-state index is 4.89. The van der Waals surface area contributed by atoms with E-state index in [2.05, 4.69) is 111 Å². The molecule has 3 nitrogen and oxygen atoms in total. The summed E-state index contributed by atoms with van der Waals surface area (Å²) >= 11 is 0. The zero-order chi connectivity index (χ0) is 34.0. The van der Waals surface area contributed by atoms with E-state index >= 15 is 0 Å². The molecule has 0 atom stereocenters. The van der Waals surface area contributed by atoms with Gasteiger partial charge in [-0.25, -0.2) is 15.0 Å². The molecule has 0 saturated heterocycles. The average Bonchev–Trinajstić information content (AvgIpc) is 3.17. The summed E-state index contributed by atoms with van der Waals surface area (Å²) in [7, 11) is 0. The van der Waals surface area contributed by atoms with Gasteiger partial charge in [0.25, 0.3) is 0 Å².